The van der Waals surface area contributed by atoms with Crippen LogP contribution in [0.1, 0.15) is 5.82 Å². The molecule has 126 valence electrons. The minimum absolute atomic E-state index is 0.276. The SMILES string of the molecule is CNc1ncnn2c(C)nc(-c3cnn(C)c3-c3ccc(F)cc3)c12. The van der Waals surface area contributed by atoms with Crippen LogP contribution in [0.2, 0.25) is 0 Å². The molecule has 1 aromatic carbocycles. The van der Waals surface area contributed by atoms with E-state index in [1.807, 2.05) is 14.0 Å². The summed E-state index contributed by atoms with van der Waals surface area (Å²) in [4.78, 5) is 8.96. The largest absolute Gasteiger partial charge is 0.371 e. The van der Waals surface area contributed by atoms with Gasteiger partial charge in [-0.1, -0.05) is 0 Å². The first kappa shape index (κ1) is 15.3. The van der Waals surface area contributed by atoms with Gasteiger partial charge in [-0.05, 0) is 31.2 Å². The van der Waals surface area contributed by atoms with E-state index in [2.05, 4.69) is 25.5 Å². The van der Waals surface area contributed by atoms with E-state index >= 15 is 0 Å². The third kappa shape index (κ3) is 2.34. The molecule has 0 saturated carbocycles. The van der Waals surface area contributed by atoms with Crippen LogP contribution in [-0.2, 0) is 7.05 Å². The summed E-state index contributed by atoms with van der Waals surface area (Å²) in [5.41, 5.74) is 4.06. The van der Waals surface area contributed by atoms with Crippen molar-refractivity contribution < 1.29 is 4.39 Å². The molecule has 25 heavy (non-hydrogen) atoms. The number of fused-ring (bicyclic) bond motifs is 1. The van der Waals surface area contributed by atoms with Crippen molar-refractivity contribution in [1.29, 1.82) is 0 Å². The van der Waals surface area contributed by atoms with Gasteiger partial charge in [-0.2, -0.15) is 10.2 Å². The molecule has 0 atom stereocenters. The van der Waals surface area contributed by atoms with Crippen LogP contribution in [0.15, 0.2) is 36.8 Å². The molecule has 0 fully saturated rings. The summed E-state index contributed by atoms with van der Waals surface area (Å²) in [6.45, 7) is 1.89. The number of benzene rings is 1. The van der Waals surface area contributed by atoms with Crippen molar-refractivity contribution in [3.63, 3.8) is 0 Å². The Balaban J connectivity index is 2.01. The van der Waals surface area contributed by atoms with Crippen LogP contribution in [-0.4, -0.2) is 36.4 Å². The molecule has 0 bridgehead atoms. The maximum absolute atomic E-state index is 13.3. The van der Waals surface area contributed by atoms with Crippen molar-refractivity contribution in [2.24, 2.45) is 7.05 Å². The molecule has 7 nitrogen and oxygen atoms in total. The predicted octanol–water partition coefficient (Wildman–Crippen LogP) is 2.68. The number of nitrogens with one attached hydrogen (secondary N) is 1. The average Bonchev–Trinajstić information content (AvgIpc) is 3.16. The summed E-state index contributed by atoms with van der Waals surface area (Å²) in [5.74, 6) is 1.15. The van der Waals surface area contributed by atoms with Gasteiger partial charge in [0.25, 0.3) is 0 Å². The molecule has 1 N–H and O–H groups in total. The highest BCUT2D eigenvalue weighted by molar-refractivity contribution is 5.91. The third-order valence-corrected chi connectivity index (χ3v) is 4.14. The fourth-order valence-electron chi connectivity index (χ4n) is 3.01. The maximum atomic E-state index is 13.3. The monoisotopic (exact) mass is 337 g/mol. The van der Waals surface area contributed by atoms with Crippen molar-refractivity contribution in [3.05, 3.63) is 48.4 Å². The number of imidazole rings is 1. The van der Waals surface area contributed by atoms with Crippen LogP contribution in [0.4, 0.5) is 10.2 Å². The number of rotatable bonds is 3. The van der Waals surface area contributed by atoms with E-state index in [1.165, 1.54) is 18.5 Å². The molecule has 3 aromatic heterocycles. The molecule has 0 aliphatic carbocycles. The Bertz CT molecular complexity index is 1060. The Morgan fingerprint density at radius 1 is 1.12 bits per heavy atom. The zero-order valence-corrected chi connectivity index (χ0v) is 14.0. The van der Waals surface area contributed by atoms with Gasteiger partial charge in [0, 0.05) is 25.2 Å². The standard InChI is InChI=1S/C17H16FN7/c1-10-23-14(16-17(19-2)20-9-22-25(10)16)13-8-21-24(3)15(13)11-4-6-12(18)7-5-11/h4-9H,1-3H3,(H,19,20,22). The zero-order chi connectivity index (χ0) is 17.6. The maximum Gasteiger partial charge on any atom is 0.156 e. The Hall–Kier alpha value is -3.29. The van der Waals surface area contributed by atoms with Gasteiger partial charge < -0.3 is 5.32 Å². The molecule has 0 radical (unpaired) electrons. The molecule has 0 aliphatic heterocycles. The Morgan fingerprint density at radius 2 is 1.88 bits per heavy atom. The van der Waals surface area contributed by atoms with Crippen LogP contribution in [0.3, 0.4) is 0 Å². The van der Waals surface area contributed by atoms with Gasteiger partial charge in [-0.15, -0.1) is 0 Å². The second-order valence-electron chi connectivity index (χ2n) is 5.66. The second-order valence-corrected chi connectivity index (χ2v) is 5.66. The lowest BCUT2D eigenvalue weighted by molar-refractivity contribution is 0.628. The van der Waals surface area contributed by atoms with Crippen molar-refractivity contribution in [2.75, 3.05) is 12.4 Å². The first-order valence-electron chi connectivity index (χ1n) is 7.76. The average molecular weight is 337 g/mol. The molecular weight excluding hydrogens is 321 g/mol. The molecular formula is C17H16FN7. The summed E-state index contributed by atoms with van der Waals surface area (Å²) >= 11 is 0. The fourth-order valence-corrected chi connectivity index (χ4v) is 3.01. The molecule has 4 rings (SSSR count). The van der Waals surface area contributed by atoms with Crippen molar-refractivity contribution in [2.45, 2.75) is 6.92 Å². The first-order valence-corrected chi connectivity index (χ1v) is 7.76. The van der Waals surface area contributed by atoms with Crippen LogP contribution in [0.5, 0.6) is 0 Å². The second kappa shape index (κ2) is 5.66. The van der Waals surface area contributed by atoms with Crippen molar-refractivity contribution in [3.8, 4) is 22.5 Å². The number of nitrogens with zero attached hydrogens (tertiary/aromatic N) is 6. The van der Waals surface area contributed by atoms with E-state index in [0.717, 1.165) is 33.9 Å². The van der Waals surface area contributed by atoms with Gasteiger partial charge in [-0.25, -0.2) is 18.9 Å². The summed E-state index contributed by atoms with van der Waals surface area (Å²) < 4.78 is 16.8. The first-order chi connectivity index (χ1) is 12.1. The molecule has 0 aliphatic rings. The lowest BCUT2D eigenvalue weighted by Gasteiger charge is -2.07. The highest BCUT2D eigenvalue weighted by atomic mass is 19.1. The quantitative estimate of drug-likeness (QED) is 0.622. The van der Waals surface area contributed by atoms with E-state index < -0.39 is 0 Å². The van der Waals surface area contributed by atoms with Crippen molar-refractivity contribution >= 4 is 11.3 Å². The minimum atomic E-state index is -0.276. The fraction of sp³-hybridized carbons (Fsp3) is 0.176. The van der Waals surface area contributed by atoms with E-state index in [0.29, 0.717) is 5.82 Å². The minimum Gasteiger partial charge on any atom is -0.371 e. The van der Waals surface area contributed by atoms with Gasteiger partial charge >= 0.3 is 0 Å². The number of anilines is 1. The van der Waals surface area contributed by atoms with Gasteiger partial charge in [0.15, 0.2) is 5.82 Å². The van der Waals surface area contributed by atoms with Crippen LogP contribution >= 0.6 is 0 Å². The lowest BCUT2D eigenvalue weighted by atomic mass is 10.1. The highest BCUT2D eigenvalue weighted by Crippen LogP contribution is 2.35. The topological polar surface area (TPSA) is 72.9 Å². The molecule has 0 unspecified atom stereocenters. The smallest absolute Gasteiger partial charge is 0.156 e. The summed E-state index contributed by atoms with van der Waals surface area (Å²) in [7, 11) is 3.65. The highest BCUT2D eigenvalue weighted by Gasteiger charge is 2.21. The molecule has 3 heterocycles. The molecule has 4 aromatic rings. The molecule has 0 amide bonds. The summed E-state index contributed by atoms with van der Waals surface area (Å²) in [5, 5.41) is 11.7. The van der Waals surface area contributed by atoms with Crippen molar-refractivity contribution in [1.82, 2.24) is 29.4 Å². The number of hydrogen-bond donors (Lipinski definition) is 1. The molecule has 0 saturated heterocycles. The van der Waals surface area contributed by atoms with Gasteiger partial charge in [0.1, 0.15) is 29.2 Å². The van der Waals surface area contributed by atoms with Gasteiger partial charge in [0.05, 0.1) is 11.9 Å². The predicted molar refractivity (Wildman–Crippen MR) is 92.7 cm³/mol. The van der Waals surface area contributed by atoms with E-state index in [4.69, 9.17) is 0 Å². The van der Waals surface area contributed by atoms with Crippen LogP contribution in [0, 0.1) is 12.7 Å². The Labute approximate surface area is 143 Å². The van der Waals surface area contributed by atoms with E-state index in [-0.39, 0.29) is 5.82 Å². The summed E-state index contributed by atoms with van der Waals surface area (Å²) in [6.07, 6.45) is 3.24. The Morgan fingerprint density at radius 3 is 2.60 bits per heavy atom. The Kier molecular flexibility index (Phi) is 3.45. The lowest BCUT2D eigenvalue weighted by Crippen LogP contribution is -2.01. The number of hydrogen-bond acceptors (Lipinski definition) is 5. The zero-order valence-electron chi connectivity index (χ0n) is 14.0. The number of halogens is 1. The van der Waals surface area contributed by atoms with E-state index in [9.17, 15) is 4.39 Å². The molecule has 0 spiro atoms. The third-order valence-electron chi connectivity index (χ3n) is 4.14. The normalized spacial score (nSPS) is 11.2. The molecule has 8 heteroatoms. The van der Waals surface area contributed by atoms with E-state index in [1.54, 1.807) is 34.6 Å². The number of aromatic nitrogens is 6. The summed E-state index contributed by atoms with van der Waals surface area (Å²) in [6, 6.07) is 6.34. The van der Waals surface area contributed by atoms with Crippen LogP contribution < -0.4 is 5.32 Å². The number of aryl methyl sites for hydroxylation is 2. The van der Waals surface area contributed by atoms with Gasteiger partial charge in [0.2, 0.25) is 0 Å². The van der Waals surface area contributed by atoms with Crippen LogP contribution in [0.25, 0.3) is 28.0 Å². The van der Waals surface area contributed by atoms with Gasteiger partial charge in [-0.3, -0.25) is 4.68 Å².